The minimum absolute atomic E-state index is 0.120. The molecule has 0 spiro atoms. The standard InChI is InChI=1S/C15H28O2S/c1-5-6-9-18-13-10-11(15(2,3)4)7-8-12(13)14(16)17/h11-13H,5-10H2,1-4H3,(H,16,17). The van der Waals surface area contributed by atoms with E-state index in [4.69, 9.17) is 0 Å². The highest BCUT2D eigenvalue weighted by Crippen LogP contribution is 2.44. The minimum atomic E-state index is -0.587. The minimum Gasteiger partial charge on any atom is -0.481 e. The molecular weight excluding hydrogens is 244 g/mol. The zero-order valence-corrected chi connectivity index (χ0v) is 13.1. The van der Waals surface area contributed by atoms with Crippen molar-refractivity contribution in [3.05, 3.63) is 0 Å². The lowest BCUT2D eigenvalue weighted by Crippen LogP contribution is -2.37. The Morgan fingerprint density at radius 3 is 2.50 bits per heavy atom. The van der Waals surface area contributed by atoms with E-state index < -0.39 is 5.97 Å². The number of hydrogen-bond acceptors (Lipinski definition) is 2. The molecule has 1 fully saturated rings. The summed E-state index contributed by atoms with van der Waals surface area (Å²) in [5.41, 5.74) is 0.313. The van der Waals surface area contributed by atoms with E-state index in [1.54, 1.807) is 0 Å². The summed E-state index contributed by atoms with van der Waals surface area (Å²) < 4.78 is 0. The Morgan fingerprint density at radius 1 is 1.33 bits per heavy atom. The molecule has 1 aliphatic carbocycles. The first kappa shape index (κ1) is 15.9. The van der Waals surface area contributed by atoms with Crippen LogP contribution < -0.4 is 0 Å². The van der Waals surface area contributed by atoms with Gasteiger partial charge in [0.2, 0.25) is 0 Å². The Hall–Kier alpha value is -0.180. The van der Waals surface area contributed by atoms with Crippen molar-refractivity contribution in [3.8, 4) is 0 Å². The number of unbranched alkanes of at least 4 members (excludes halogenated alkanes) is 1. The van der Waals surface area contributed by atoms with Crippen LogP contribution in [0.3, 0.4) is 0 Å². The third-order valence-electron chi connectivity index (χ3n) is 4.16. The highest BCUT2D eigenvalue weighted by atomic mass is 32.2. The summed E-state index contributed by atoms with van der Waals surface area (Å²) in [6, 6.07) is 0. The van der Waals surface area contributed by atoms with Gasteiger partial charge in [-0.3, -0.25) is 4.79 Å². The van der Waals surface area contributed by atoms with E-state index in [-0.39, 0.29) is 5.92 Å². The van der Waals surface area contributed by atoms with Gasteiger partial charge in [-0.1, -0.05) is 34.1 Å². The monoisotopic (exact) mass is 272 g/mol. The molecule has 3 atom stereocenters. The molecule has 0 amide bonds. The third-order valence-corrected chi connectivity index (χ3v) is 5.64. The summed E-state index contributed by atoms with van der Waals surface area (Å²) in [5.74, 6) is 1.08. The average molecular weight is 272 g/mol. The van der Waals surface area contributed by atoms with Gasteiger partial charge in [0.1, 0.15) is 0 Å². The fourth-order valence-electron chi connectivity index (χ4n) is 2.76. The van der Waals surface area contributed by atoms with Crippen LogP contribution in [0.5, 0.6) is 0 Å². The van der Waals surface area contributed by atoms with Gasteiger partial charge in [-0.15, -0.1) is 0 Å². The van der Waals surface area contributed by atoms with Gasteiger partial charge in [0.25, 0.3) is 0 Å². The zero-order chi connectivity index (χ0) is 13.8. The number of aliphatic carboxylic acids is 1. The van der Waals surface area contributed by atoms with Crippen LogP contribution in [0, 0.1) is 17.3 Å². The Kier molecular flexibility index (Phi) is 6.03. The smallest absolute Gasteiger partial charge is 0.307 e. The molecule has 0 bridgehead atoms. The van der Waals surface area contributed by atoms with Crippen LogP contribution in [0.1, 0.15) is 59.8 Å². The maximum absolute atomic E-state index is 11.3. The molecule has 18 heavy (non-hydrogen) atoms. The van der Waals surface area contributed by atoms with Gasteiger partial charge < -0.3 is 5.11 Å². The van der Waals surface area contributed by atoms with E-state index in [2.05, 4.69) is 27.7 Å². The molecule has 3 unspecified atom stereocenters. The lowest BCUT2D eigenvalue weighted by molar-refractivity contribution is -0.143. The van der Waals surface area contributed by atoms with Crippen LogP contribution in [0.25, 0.3) is 0 Å². The van der Waals surface area contributed by atoms with Crippen LogP contribution in [0.4, 0.5) is 0 Å². The molecule has 1 rings (SSSR count). The molecule has 0 radical (unpaired) electrons. The fourth-order valence-corrected chi connectivity index (χ4v) is 4.37. The molecule has 0 aliphatic heterocycles. The van der Waals surface area contributed by atoms with Gasteiger partial charge in [-0.2, -0.15) is 11.8 Å². The van der Waals surface area contributed by atoms with E-state index in [9.17, 15) is 9.90 Å². The lowest BCUT2D eigenvalue weighted by Gasteiger charge is -2.40. The first-order valence-electron chi connectivity index (χ1n) is 7.20. The first-order chi connectivity index (χ1) is 8.36. The largest absolute Gasteiger partial charge is 0.481 e. The van der Waals surface area contributed by atoms with Crippen LogP contribution in [-0.2, 0) is 4.79 Å². The van der Waals surface area contributed by atoms with E-state index in [1.807, 2.05) is 11.8 Å². The predicted octanol–water partition coefficient (Wildman–Crippen LogP) is 4.44. The summed E-state index contributed by atoms with van der Waals surface area (Å²) in [4.78, 5) is 11.3. The van der Waals surface area contributed by atoms with Crippen molar-refractivity contribution in [3.63, 3.8) is 0 Å². The molecule has 0 aromatic carbocycles. The molecule has 1 N–H and O–H groups in total. The molecule has 0 aromatic heterocycles. The van der Waals surface area contributed by atoms with Crippen molar-refractivity contribution in [2.24, 2.45) is 17.3 Å². The molecule has 2 nitrogen and oxygen atoms in total. The van der Waals surface area contributed by atoms with Gasteiger partial charge in [0, 0.05) is 5.25 Å². The van der Waals surface area contributed by atoms with E-state index in [1.165, 1.54) is 12.8 Å². The highest BCUT2D eigenvalue weighted by Gasteiger charge is 2.38. The van der Waals surface area contributed by atoms with Crippen LogP contribution >= 0.6 is 11.8 Å². The number of thioether (sulfide) groups is 1. The molecular formula is C15H28O2S. The van der Waals surface area contributed by atoms with Gasteiger partial charge in [0.05, 0.1) is 5.92 Å². The van der Waals surface area contributed by atoms with Crippen molar-refractivity contribution >= 4 is 17.7 Å². The Balaban J connectivity index is 2.61. The third kappa shape index (κ3) is 4.49. The quantitative estimate of drug-likeness (QED) is 0.752. The first-order valence-corrected chi connectivity index (χ1v) is 8.25. The zero-order valence-electron chi connectivity index (χ0n) is 12.2. The van der Waals surface area contributed by atoms with Gasteiger partial charge >= 0.3 is 5.97 Å². The Morgan fingerprint density at radius 2 is 2.00 bits per heavy atom. The van der Waals surface area contributed by atoms with E-state index >= 15 is 0 Å². The maximum Gasteiger partial charge on any atom is 0.307 e. The summed E-state index contributed by atoms with van der Waals surface area (Å²) in [5, 5.41) is 9.67. The van der Waals surface area contributed by atoms with Crippen LogP contribution in [0.2, 0.25) is 0 Å². The topological polar surface area (TPSA) is 37.3 Å². The second kappa shape index (κ2) is 6.83. The average Bonchev–Trinajstić information content (AvgIpc) is 2.27. The molecule has 1 saturated carbocycles. The van der Waals surface area contributed by atoms with E-state index in [0.717, 1.165) is 25.0 Å². The number of carbonyl (C=O) groups is 1. The normalized spacial score (nSPS) is 29.2. The highest BCUT2D eigenvalue weighted by molar-refractivity contribution is 7.99. The number of hydrogen-bond donors (Lipinski definition) is 1. The SMILES string of the molecule is CCCCSC1CC(C(C)(C)C)CCC1C(=O)O. The molecule has 1 aliphatic rings. The van der Waals surface area contributed by atoms with Crippen LogP contribution in [-0.4, -0.2) is 22.1 Å². The Labute approximate surface area is 116 Å². The van der Waals surface area contributed by atoms with Gasteiger partial charge in [-0.05, 0) is 42.8 Å². The van der Waals surface area contributed by atoms with Crippen LogP contribution in [0.15, 0.2) is 0 Å². The Bertz CT molecular complexity index is 270. The van der Waals surface area contributed by atoms with Crippen molar-refractivity contribution in [2.45, 2.75) is 65.0 Å². The number of carboxylic acids is 1. The molecule has 0 saturated heterocycles. The number of carboxylic acid groups (broad SMARTS) is 1. The predicted molar refractivity (Wildman–Crippen MR) is 79.1 cm³/mol. The van der Waals surface area contributed by atoms with E-state index in [0.29, 0.717) is 16.6 Å². The molecule has 3 heteroatoms. The van der Waals surface area contributed by atoms with Gasteiger partial charge in [0.15, 0.2) is 0 Å². The number of rotatable bonds is 5. The molecule has 0 heterocycles. The summed E-state index contributed by atoms with van der Waals surface area (Å²) in [6.07, 6.45) is 5.41. The molecule has 106 valence electrons. The second-order valence-corrected chi connectivity index (χ2v) is 7.93. The van der Waals surface area contributed by atoms with Crippen molar-refractivity contribution in [2.75, 3.05) is 5.75 Å². The van der Waals surface area contributed by atoms with Crippen molar-refractivity contribution < 1.29 is 9.90 Å². The summed E-state index contributed by atoms with van der Waals surface area (Å²) in [7, 11) is 0. The lowest BCUT2D eigenvalue weighted by atomic mass is 9.69. The summed E-state index contributed by atoms with van der Waals surface area (Å²) >= 11 is 1.90. The molecule has 0 aromatic rings. The van der Waals surface area contributed by atoms with Crippen molar-refractivity contribution in [1.82, 2.24) is 0 Å². The fraction of sp³-hybridized carbons (Fsp3) is 0.933. The summed E-state index contributed by atoms with van der Waals surface area (Å²) in [6.45, 7) is 9.04. The van der Waals surface area contributed by atoms with Gasteiger partial charge in [-0.25, -0.2) is 0 Å². The van der Waals surface area contributed by atoms with Crippen molar-refractivity contribution in [1.29, 1.82) is 0 Å². The maximum atomic E-state index is 11.3. The second-order valence-electron chi connectivity index (χ2n) is 6.58.